The van der Waals surface area contributed by atoms with Crippen LogP contribution in [0.1, 0.15) is 19.8 Å². The molecule has 7 nitrogen and oxygen atoms in total. The molecule has 0 aromatic carbocycles. The van der Waals surface area contributed by atoms with E-state index in [-0.39, 0.29) is 10.4 Å². The zero-order chi connectivity index (χ0) is 15.7. The number of fused-ring (bicyclic) bond motifs is 1. The minimum absolute atomic E-state index is 0.132. The van der Waals surface area contributed by atoms with Crippen molar-refractivity contribution in [2.24, 2.45) is 0 Å². The quantitative estimate of drug-likeness (QED) is 0.822. The lowest BCUT2D eigenvalue weighted by Gasteiger charge is -2.18. The molecule has 0 radical (unpaired) electrons. The van der Waals surface area contributed by atoms with Gasteiger partial charge in [0, 0.05) is 19.6 Å². The Hall–Kier alpha value is -1.44. The van der Waals surface area contributed by atoms with E-state index in [9.17, 15) is 5.11 Å². The summed E-state index contributed by atoms with van der Waals surface area (Å²) >= 11 is 12.2. The Morgan fingerprint density at radius 2 is 1.91 bits per heavy atom. The first-order valence-corrected chi connectivity index (χ1v) is 7.88. The molecule has 0 unspecified atom stereocenters. The molecule has 1 aliphatic rings. The number of aromatic nitrogens is 4. The van der Waals surface area contributed by atoms with Crippen LogP contribution in [0.25, 0.3) is 11.2 Å². The first kappa shape index (κ1) is 15.5. The molecule has 2 aromatic rings. The molecule has 118 valence electrons. The zero-order valence-corrected chi connectivity index (χ0v) is 13.6. The van der Waals surface area contributed by atoms with Crippen molar-refractivity contribution in [1.29, 1.82) is 0 Å². The molecule has 0 bridgehead atoms. The van der Waals surface area contributed by atoms with Crippen LogP contribution in [0.15, 0.2) is 0 Å². The van der Waals surface area contributed by atoms with Crippen molar-refractivity contribution < 1.29 is 5.11 Å². The summed E-state index contributed by atoms with van der Waals surface area (Å²) < 4.78 is 0. The maximum absolute atomic E-state index is 9.34. The van der Waals surface area contributed by atoms with E-state index >= 15 is 0 Å². The number of hydrogen-bond donors (Lipinski definition) is 2. The average Bonchev–Trinajstić information content (AvgIpc) is 2.98. The predicted octanol–water partition coefficient (Wildman–Crippen LogP) is 2.12. The summed E-state index contributed by atoms with van der Waals surface area (Å²) in [5.41, 5.74) is 0.929. The summed E-state index contributed by atoms with van der Waals surface area (Å²) in [5.74, 6) is 1.04. The van der Waals surface area contributed by atoms with Crippen molar-refractivity contribution in [3.63, 3.8) is 0 Å². The van der Waals surface area contributed by atoms with E-state index in [1.807, 2.05) is 0 Å². The van der Waals surface area contributed by atoms with E-state index in [4.69, 9.17) is 23.2 Å². The van der Waals surface area contributed by atoms with Gasteiger partial charge in [-0.25, -0.2) is 9.97 Å². The van der Waals surface area contributed by atoms with Crippen LogP contribution >= 0.6 is 23.2 Å². The molecule has 0 amide bonds. The fourth-order valence-electron chi connectivity index (χ4n) is 2.39. The minimum Gasteiger partial charge on any atom is -0.392 e. The van der Waals surface area contributed by atoms with Crippen molar-refractivity contribution in [1.82, 2.24) is 19.9 Å². The molecular formula is C13H16Cl2N6O. The summed E-state index contributed by atoms with van der Waals surface area (Å²) in [4.78, 5) is 19.3. The Labute approximate surface area is 137 Å². The second-order valence-corrected chi connectivity index (χ2v) is 5.97. The second-order valence-electron chi connectivity index (χ2n) is 5.28. The highest BCUT2D eigenvalue weighted by atomic mass is 35.5. The Morgan fingerprint density at radius 1 is 1.18 bits per heavy atom. The van der Waals surface area contributed by atoms with E-state index in [2.05, 4.69) is 30.2 Å². The predicted molar refractivity (Wildman–Crippen MR) is 86.8 cm³/mol. The van der Waals surface area contributed by atoms with Gasteiger partial charge < -0.3 is 15.3 Å². The van der Waals surface area contributed by atoms with Gasteiger partial charge >= 0.3 is 0 Å². The molecule has 1 fully saturated rings. The van der Waals surface area contributed by atoms with Gasteiger partial charge in [0.2, 0.25) is 5.28 Å². The summed E-state index contributed by atoms with van der Waals surface area (Å²) in [6.07, 6.45) is 1.69. The Bertz CT molecular complexity index is 690. The van der Waals surface area contributed by atoms with Crippen molar-refractivity contribution in [2.75, 3.05) is 29.9 Å². The van der Waals surface area contributed by atoms with Crippen LogP contribution in [0.4, 0.5) is 11.6 Å². The highest BCUT2D eigenvalue weighted by molar-refractivity contribution is 6.32. The van der Waals surface area contributed by atoms with Crippen molar-refractivity contribution >= 4 is 46.0 Å². The number of rotatable bonds is 4. The van der Waals surface area contributed by atoms with E-state index in [0.29, 0.717) is 29.3 Å². The van der Waals surface area contributed by atoms with Crippen molar-refractivity contribution in [3.05, 3.63) is 10.4 Å². The van der Waals surface area contributed by atoms with Crippen LogP contribution in [0.5, 0.6) is 0 Å². The molecule has 0 saturated carbocycles. The Morgan fingerprint density at radius 3 is 2.59 bits per heavy atom. The third-order valence-corrected chi connectivity index (χ3v) is 3.85. The topological polar surface area (TPSA) is 87.1 Å². The molecule has 3 rings (SSSR count). The van der Waals surface area contributed by atoms with E-state index in [0.717, 1.165) is 25.9 Å². The smallest absolute Gasteiger partial charge is 0.226 e. The van der Waals surface area contributed by atoms with Crippen LogP contribution < -0.4 is 10.2 Å². The van der Waals surface area contributed by atoms with Gasteiger partial charge in [-0.15, -0.1) is 0 Å². The lowest BCUT2D eigenvalue weighted by Crippen LogP contribution is -2.21. The van der Waals surface area contributed by atoms with Crippen molar-refractivity contribution in [3.8, 4) is 0 Å². The number of hydrogen-bond acceptors (Lipinski definition) is 7. The fourth-order valence-corrected chi connectivity index (χ4v) is 2.75. The standard InChI is InChI=1S/C13H16Cl2N6O/c1-7(22)6-16-11-9(14)17-8-10(18-11)19-13(15)20-12(8)21-4-2-3-5-21/h7,22H,2-6H2,1H3,(H,16,18,19,20)/t7-/m1/s1. The van der Waals surface area contributed by atoms with Gasteiger partial charge in [-0.2, -0.15) is 9.97 Å². The number of halogens is 2. The van der Waals surface area contributed by atoms with Crippen LogP contribution in [0, 0.1) is 0 Å². The van der Waals surface area contributed by atoms with Gasteiger partial charge in [-0.05, 0) is 31.4 Å². The monoisotopic (exact) mass is 342 g/mol. The normalized spacial score (nSPS) is 16.3. The van der Waals surface area contributed by atoms with E-state index in [1.54, 1.807) is 6.92 Å². The number of aliphatic hydroxyl groups is 1. The maximum Gasteiger partial charge on any atom is 0.226 e. The van der Waals surface area contributed by atoms with Gasteiger partial charge in [0.25, 0.3) is 0 Å². The zero-order valence-electron chi connectivity index (χ0n) is 12.1. The molecule has 1 atom stereocenters. The van der Waals surface area contributed by atoms with Gasteiger partial charge in [0.15, 0.2) is 28.0 Å². The lowest BCUT2D eigenvalue weighted by molar-refractivity contribution is 0.208. The molecule has 3 heterocycles. The number of nitrogens with zero attached hydrogens (tertiary/aromatic N) is 5. The molecule has 9 heteroatoms. The third kappa shape index (κ3) is 3.16. The lowest BCUT2D eigenvalue weighted by atomic mass is 10.4. The molecule has 1 saturated heterocycles. The molecule has 2 N–H and O–H groups in total. The van der Waals surface area contributed by atoms with Gasteiger partial charge in [0.05, 0.1) is 6.10 Å². The Kier molecular flexibility index (Phi) is 4.46. The first-order chi connectivity index (χ1) is 10.5. The summed E-state index contributed by atoms with van der Waals surface area (Å²) in [5, 5.41) is 12.6. The maximum atomic E-state index is 9.34. The Balaban J connectivity index is 2.05. The van der Waals surface area contributed by atoms with Crippen LogP contribution in [-0.2, 0) is 0 Å². The minimum atomic E-state index is -0.525. The highest BCUT2D eigenvalue weighted by Crippen LogP contribution is 2.29. The average molecular weight is 343 g/mol. The van der Waals surface area contributed by atoms with E-state index < -0.39 is 6.10 Å². The van der Waals surface area contributed by atoms with Crippen LogP contribution in [0.2, 0.25) is 10.4 Å². The van der Waals surface area contributed by atoms with Gasteiger partial charge in [0.1, 0.15) is 0 Å². The van der Waals surface area contributed by atoms with Crippen molar-refractivity contribution in [2.45, 2.75) is 25.9 Å². The number of anilines is 2. The van der Waals surface area contributed by atoms with Gasteiger partial charge in [-0.1, -0.05) is 11.6 Å². The number of nitrogens with one attached hydrogen (secondary N) is 1. The van der Waals surface area contributed by atoms with E-state index in [1.165, 1.54) is 0 Å². The molecule has 1 aliphatic heterocycles. The third-order valence-electron chi connectivity index (χ3n) is 3.41. The second kappa shape index (κ2) is 6.36. The summed E-state index contributed by atoms with van der Waals surface area (Å²) in [7, 11) is 0. The highest BCUT2D eigenvalue weighted by Gasteiger charge is 2.21. The first-order valence-electron chi connectivity index (χ1n) is 7.12. The molecular weight excluding hydrogens is 327 g/mol. The molecule has 0 aliphatic carbocycles. The SMILES string of the molecule is C[C@@H](O)CNc1nc2nc(Cl)nc(N3CCCC3)c2nc1Cl. The fraction of sp³-hybridized carbons (Fsp3) is 0.538. The molecule has 22 heavy (non-hydrogen) atoms. The molecule has 2 aromatic heterocycles. The van der Waals surface area contributed by atoms with Gasteiger partial charge in [-0.3, -0.25) is 0 Å². The van der Waals surface area contributed by atoms with Crippen LogP contribution in [-0.4, -0.2) is 50.8 Å². The summed E-state index contributed by atoms with van der Waals surface area (Å²) in [6.45, 7) is 3.80. The number of aliphatic hydroxyl groups excluding tert-OH is 1. The largest absolute Gasteiger partial charge is 0.392 e. The van der Waals surface area contributed by atoms with Crippen LogP contribution in [0.3, 0.4) is 0 Å². The summed E-state index contributed by atoms with van der Waals surface area (Å²) in [6, 6.07) is 0. The molecule has 0 spiro atoms.